The molecule has 1 rings (SSSR count). The molecule has 0 aromatic carbocycles. The number of carbonyl (C=O) groups excluding carboxylic acids is 1. The quantitative estimate of drug-likeness (QED) is 0.617. The molecule has 4 heteroatoms. The molecule has 0 saturated carbocycles. The summed E-state index contributed by atoms with van der Waals surface area (Å²) < 4.78 is 6.28. The Morgan fingerprint density at radius 3 is 2.62 bits per heavy atom. The van der Waals surface area contributed by atoms with Crippen LogP contribution in [-0.4, -0.2) is 22.9 Å². The molecule has 72 valence electrons. The first-order valence-electron chi connectivity index (χ1n) is 4.09. The van der Waals surface area contributed by atoms with Gasteiger partial charge in [-0.15, -0.1) is 0 Å². The molecule has 0 amide bonds. The van der Waals surface area contributed by atoms with Crippen molar-refractivity contribution in [2.24, 2.45) is 0 Å². The summed E-state index contributed by atoms with van der Waals surface area (Å²) in [5.41, 5.74) is 0.280. The molecule has 0 fully saturated rings. The third-order valence-electron chi connectivity index (χ3n) is 1.67. The predicted molar refractivity (Wildman–Crippen MR) is 48.6 cm³/mol. The third-order valence-corrected chi connectivity index (χ3v) is 1.67. The first-order chi connectivity index (χ1) is 5.96. The van der Waals surface area contributed by atoms with Crippen molar-refractivity contribution in [1.29, 1.82) is 0 Å². The van der Waals surface area contributed by atoms with Gasteiger partial charge in [0.15, 0.2) is 0 Å². The molecule has 1 heterocycles. The van der Waals surface area contributed by atoms with Crippen molar-refractivity contribution in [3.05, 3.63) is 18.0 Å². The summed E-state index contributed by atoms with van der Waals surface area (Å²) >= 11 is 0. The molecule has 0 aliphatic carbocycles. The van der Waals surface area contributed by atoms with E-state index >= 15 is 0 Å². The van der Waals surface area contributed by atoms with E-state index in [4.69, 9.17) is 0 Å². The second kappa shape index (κ2) is 3.20. The molecule has 0 aliphatic rings. The van der Waals surface area contributed by atoms with Crippen LogP contribution in [0.5, 0.6) is 0 Å². The highest BCUT2D eigenvalue weighted by Crippen LogP contribution is 2.15. The first-order valence-corrected chi connectivity index (χ1v) is 4.09. The van der Waals surface area contributed by atoms with Crippen LogP contribution in [0.3, 0.4) is 0 Å². The lowest BCUT2D eigenvalue weighted by Crippen LogP contribution is -2.27. The second-order valence-electron chi connectivity index (χ2n) is 3.79. The molecule has 1 aromatic rings. The molecular formula is C9H14N2O2. The van der Waals surface area contributed by atoms with Crippen LogP contribution in [0, 0.1) is 0 Å². The number of methoxy groups -OCH3 is 1. The van der Waals surface area contributed by atoms with Gasteiger partial charge in [-0.05, 0) is 26.8 Å². The van der Waals surface area contributed by atoms with Crippen LogP contribution in [0.15, 0.2) is 12.3 Å². The summed E-state index contributed by atoms with van der Waals surface area (Å²) in [7, 11) is 1.36. The fourth-order valence-electron chi connectivity index (χ4n) is 1.10. The van der Waals surface area contributed by atoms with Crippen LogP contribution in [0.4, 0.5) is 0 Å². The third kappa shape index (κ3) is 1.88. The first kappa shape index (κ1) is 9.77. The number of ether oxygens (including phenoxy) is 1. The van der Waals surface area contributed by atoms with Gasteiger partial charge in [0.1, 0.15) is 5.69 Å². The summed E-state index contributed by atoms with van der Waals surface area (Å²) in [5, 5.41) is 4.07. The average Bonchev–Trinajstić information content (AvgIpc) is 2.49. The van der Waals surface area contributed by atoms with E-state index in [1.54, 1.807) is 16.9 Å². The van der Waals surface area contributed by atoms with Crippen LogP contribution in [0.25, 0.3) is 0 Å². The molecule has 0 aliphatic heterocycles. The van der Waals surface area contributed by atoms with Gasteiger partial charge in [-0.25, -0.2) is 4.79 Å². The SMILES string of the molecule is COC(=O)c1ccnn1C(C)(C)C. The number of aromatic nitrogens is 2. The molecule has 0 bridgehead atoms. The number of rotatable bonds is 1. The molecule has 0 unspecified atom stereocenters. The predicted octanol–water partition coefficient (Wildman–Crippen LogP) is 1.42. The smallest absolute Gasteiger partial charge is 0.356 e. The van der Waals surface area contributed by atoms with Crippen molar-refractivity contribution in [2.45, 2.75) is 26.3 Å². The van der Waals surface area contributed by atoms with Gasteiger partial charge in [0.2, 0.25) is 0 Å². The van der Waals surface area contributed by atoms with E-state index in [2.05, 4.69) is 9.84 Å². The van der Waals surface area contributed by atoms with E-state index in [1.165, 1.54) is 7.11 Å². The Bertz CT molecular complexity index is 310. The van der Waals surface area contributed by atoms with Gasteiger partial charge in [0.25, 0.3) is 0 Å². The van der Waals surface area contributed by atoms with Crippen molar-refractivity contribution < 1.29 is 9.53 Å². The minimum atomic E-state index is -0.354. The summed E-state index contributed by atoms with van der Waals surface area (Å²) in [6, 6.07) is 1.65. The second-order valence-corrected chi connectivity index (χ2v) is 3.79. The number of hydrogen-bond acceptors (Lipinski definition) is 3. The minimum Gasteiger partial charge on any atom is -0.464 e. The van der Waals surface area contributed by atoms with Gasteiger partial charge < -0.3 is 4.74 Å². The van der Waals surface area contributed by atoms with Crippen molar-refractivity contribution in [3.63, 3.8) is 0 Å². The zero-order valence-electron chi connectivity index (χ0n) is 8.37. The van der Waals surface area contributed by atoms with E-state index in [0.29, 0.717) is 5.69 Å². The monoisotopic (exact) mass is 182 g/mol. The van der Waals surface area contributed by atoms with E-state index in [-0.39, 0.29) is 11.5 Å². The topological polar surface area (TPSA) is 44.1 Å². The van der Waals surface area contributed by atoms with E-state index in [0.717, 1.165) is 0 Å². The largest absolute Gasteiger partial charge is 0.464 e. The highest BCUT2D eigenvalue weighted by atomic mass is 16.5. The normalized spacial score (nSPS) is 11.4. The molecule has 4 nitrogen and oxygen atoms in total. The van der Waals surface area contributed by atoms with Crippen molar-refractivity contribution in [1.82, 2.24) is 9.78 Å². The van der Waals surface area contributed by atoms with Gasteiger partial charge in [-0.2, -0.15) is 5.10 Å². The van der Waals surface area contributed by atoms with Crippen LogP contribution in [0.2, 0.25) is 0 Å². The highest BCUT2D eigenvalue weighted by molar-refractivity contribution is 5.87. The number of carbonyl (C=O) groups is 1. The lowest BCUT2D eigenvalue weighted by molar-refractivity contribution is 0.0578. The van der Waals surface area contributed by atoms with Crippen LogP contribution < -0.4 is 0 Å². The summed E-state index contributed by atoms with van der Waals surface area (Å²) in [5.74, 6) is -0.354. The lowest BCUT2D eigenvalue weighted by atomic mass is 10.1. The number of nitrogens with zero attached hydrogens (tertiary/aromatic N) is 2. The van der Waals surface area contributed by atoms with Crippen LogP contribution in [-0.2, 0) is 10.3 Å². The maximum absolute atomic E-state index is 11.3. The highest BCUT2D eigenvalue weighted by Gasteiger charge is 2.21. The minimum absolute atomic E-state index is 0.201. The fourth-order valence-corrected chi connectivity index (χ4v) is 1.10. The van der Waals surface area contributed by atoms with Gasteiger partial charge in [-0.1, -0.05) is 0 Å². The average molecular weight is 182 g/mol. The van der Waals surface area contributed by atoms with Gasteiger partial charge in [-0.3, -0.25) is 4.68 Å². The maximum Gasteiger partial charge on any atom is 0.356 e. The van der Waals surface area contributed by atoms with Crippen molar-refractivity contribution in [2.75, 3.05) is 7.11 Å². The van der Waals surface area contributed by atoms with Gasteiger partial charge in [0, 0.05) is 6.20 Å². The molecule has 0 saturated heterocycles. The Balaban J connectivity index is 3.10. The zero-order chi connectivity index (χ0) is 10.1. The Morgan fingerprint density at radius 2 is 2.15 bits per heavy atom. The van der Waals surface area contributed by atoms with Crippen molar-refractivity contribution in [3.8, 4) is 0 Å². The van der Waals surface area contributed by atoms with Crippen LogP contribution in [0.1, 0.15) is 31.3 Å². The fraction of sp³-hybridized carbons (Fsp3) is 0.556. The molecule has 13 heavy (non-hydrogen) atoms. The van der Waals surface area contributed by atoms with E-state index < -0.39 is 0 Å². The Hall–Kier alpha value is -1.32. The number of esters is 1. The Labute approximate surface area is 77.5 Å². The van der Waals surface area contributed by atoms with Crippen LogP contribution >= 0.6 is 0 Å². The Kier molecular flexibility index (Phi) is 2.40. The van der Waals surface area contributed by atoms with Gasteiger partial charge in [0.05, 0.1) is 12.6 Å². The molecule has 0 N–H and O–H groups in total. The Morgan fingerprint density at radius 1 is 1.54 bits per heavy atom. The van der Waals surface area contributed by atoms with Gasteiger partial charge >= 0.3 is 5.97 Å². The maximum atomic E-state index is 11.3. The molecule has 1 aromatic heterocycles. The molecular weight excluding hydrogens is 168 g/mol. The van der Waals surface area contributed by atoms with E-state index in [9.17, 15) is 4.79 Å². The molecule has 0 atom stereocenters. The summed E-state index contributed by atoms with van der Waals surface area (Å²) in [6.07, 6.45) is 1.59. The van der Waals surface area contributed by atoms with E-state index in [1.807, 2.05) is 20.8 Å². The van der Waals surface area contributed by atoms with Crippen molar-refractivity contribution >= 4 is 5.97 Å². The standard InChI is InChI=1S/C9H14N2O2/c1-9(2,3)11-7(5-6-10-11)8(12)13-4/h5-6H,1-4H3. The molecule has 0 spiro atoms. The molecule has 0 radical (unpaired) electrons. The summed E-state index contributed by atoms with van der Waals surface area (Å²) in [6.45, 7) is 5.94. The number of hydrogen-bond donors (Lipinski definition) is 0. The zero-order valence-corrected chi connectivity index (χ0v) is 8.37. The lowest BCUT2D eigenvalue weighted by Gasteiger charge is -2.21. The summed E-state index contributed by atoms with van der Waals surface area (Å²) in [4.78, 5) is 11.3.